The van der Waals surface area contributed by atoms with Crippen molar-refractivity contribution in [2.45, 2.75) is 19.3 Å². The van der Waals surface area contributed by atoms with Gasteiger partial charge in [-0.2, -0.15) is 11.8 Å². The van der Waals surface area contributed by atoms with Crippen LogP contribution in [-0.4, -0.2) is 35.5 Å². The van der Waals surface area contributed by atoms with E-state index in [-0.39, 0.29) is 11.7 Å². The number of rotatable bonds is 9. The molecule has 1 amide bonds. The van der Waals surface area contributed by atoms with Gasteiger partial charge >= 0.3 is 0 Å². The minimum absolute atomic E-state index is 0.0551. The Morgan fingerprint density at radius 1 is 1.38 bits per heavy atom. The molecule has 0 heterocycles. The Kier molecular flexibility index (Phi) is 8.35. The number of nitrogens with zero attached hydrogens (tertiary/aromatic N) is 1. The van der Waals surface area contributed by atoms with E-state index < -0.39 is 5.92 Å². The van der Waals surface area contributed by atoms with Crippen molar-refractivity contribution >= 4 is 23.5 Å². The minimum atomic E-state index is -0.641. The summed E-state index contributed by atoms with van der Waals surface area (Å²) in [4.78, 5) is 12.2. The van der Waals surface area contributed by atoms with E-state index in [9.17, 15) is 4.79 Å². The Bertz CT molecular complexity index is 451. The van der Waals surface area contributed by atoms with Crippen molar-refractivity contribution in [2.75, 3.05) is 18.6 Å². The second-order valence-corrected chi connectivity index (χ2v) is 5.74. The van der Waals surface area contributed by atoms with Crippen LogP contribution >= 0.6 is 11.8 Å². The topological polar surface area (TPSA) is 87.7 Å². The highest BCUT2D eigenvalue weighted by atomic mass is 32.2. The fourth-order valence-corrected chi connectivity index (χ4v) is 2.45. The molecule has 0 spiro atoms. The standard InChI is InChI=1S/C15H23N3O2S/c1-21-10-6-5-9-17-15(19)13(14(16)18-20)11-12-7-3-2-4-8-12/h2-4,7-8,13,20H,5-6,9-11H2,1H3,(H2,16,18)(H,17,19). The van der Waals surface area contributed by atoms with Crippen molar-refractivity contribution in [3.63, 3.8) is 0 Å². The lowest BCUT2D eigenvalue weighted by Crippen LogP contribution is -2.40. The number of thioether (sulfide) groups is 1. The number of hydrogen-bond acceptors (Lipinski definition) is 4. The zero-order valence-corrected chi connectivity index (χ0v) is 13.1. The number of amidine groups is 1. The van der Waals surface area contributed by atoms with Crippen LogP contribution in [0.3, 0.4) is 0 Å². The Balaban J connectivity index is 2.55. The zero-order valence-electron chi connectivity index (χ0n) is 12.3. The third kappa shape index (κ3) is 6.53. The number of nitrogens with two attached hydrogens (primary N) is 1. The molecular formula is C15H23N3O2S. The van der Waals surface area contributed by atoms with Crippen LogP contribution in [0.2, 0.25) is 0 Å². The van der Waals surface area contributed by atoms with Gasteiger partial charge in [-0.3, -0.25) is 4.79 Å². The molecule has 116 valence electrons. The van der Waals surface area contributed by atoms with Crippen molar-refractivity contribution in [3.05, 3.63) is 35.9 Å². The van der Waals surface area contributed by atoms with Gasteiger partial charge in [0.05, 0.1) is 0 Å². The van der Waals surface area contributed by atoms with Crippen LogP contribution < -0.4 is 11.1 Å². The molecular weight excluding hydrogens is 286 g/mol. The molecule has 1 aromatic rings. The van der Waals surface area contributed by atoms with Crippen LogP contribution in [-0.2, 0) is 11.2 Å². The smallest absolute Gasteiger partial charge is 0.231 e. The quantitative estimate of drug-likeness (QED) is 0.214. The predicted octanol–water partition coefficient (Wildman–Crippen LogP) is 1.85. The van der Waals surface area contributed by atoms with Gasteiger partial charge in [-0.25, -0.2) is 0 Å². The van der Waals surface area contributed by atoms with Crippen molar-refractivity contribution in [1.29, 1.82) is 0 Å². The lowest BCUT2D eigenvalue weighted by molar-refractivity contribution is -0.123. The van der Waals surface area contributed by atoms with E-state index in [1.165, 1.54) is 0 Å². The Hall–Kier alpha value is -1.69. The second kappa shape index (κ2) is 10.1. The maximum Gasteiger partial charge on any atom is 0.231 e. The summed E-state index contributed by atoms with van der Waals surface area (Å²) in [6.45, 7) is 0.614. The van der Waals surface area contributed by atoms with Gasteiger partial charge in [0.25, 0.3) is 0 Å². The number of benzene rings is 1. The van der Waals surface area contributed by atoms with Gasteiger partial charge < -0.3 is 16.3 Å². The van der Waals surface area contributed by atoms with Crippen LogP contribution in [0.25, 0.3) is 0 Å². The molecule has 4 N–H and O–H groups in total. The minimum Gasteiger partial charge on any atom is -0.409 e. The van der Waals surface area contributed by atoms with E-state index in [0.717, 1.165) is 24.2 Å². The monoisotopic (exact) mass is 309 g/mol. The van der Waals surface area contributed by atoms with Crippen LogP contribution in [0.1, 0.15) is 18.4 Å². The van der Waals surface area contributed by atoms with Crippen molar-refractivity contribution in [1.82, 2.24) is 5.32 Å². The summed E-state index contributed by atoms with van der Waals surface area (Å²) in [5.41, 5.74) is 6.63. The first-order valence-electron chi connectivity index (χ1n) is 6.97. The maximum absolute atomic E-state index is 12.2. The third-order valence-electron chi connectivity index (χ3n) is 3.15. The van der Waals surface area contributed by atoms with E-state index >= 15 is 0 Å². The first-order valence-corrected chi connectivity index (χ1v) is 8.36. The lowest BCUT2D eigenvalue weighted by Gasteiger charge is -2.15. The number of carbonyl (C=O) groups is 1. The molecule has 1 aromatic carbocycles. The Morgan fingerprint density at radius 2 is 2.10 bits per heavy atom. The van der Waals surface area contributed by atoms with Crippen molar-refractivity contribution in [3.8, 4) is 0 Å². The van der Waals surface area contributed by atoms with E-state index in [1.54, 1.807) is 11.8 Å². The number of amides is 1. The molecule has 5 nitrogen and oxygen atoms in total. The molecule has 1 atom stereocenters. The van der Waals surface area contributed by atoms with E-state index in [0.29, 0.717) is 13.0 Å². The van der Waals surface area contributed by atoms with Gasteiger partial charge in [-0.05, 0) is 36.8 Å². The zero-order chi connectivity index (χ0) is 15.5. The average Bonchev–Trinajstić information content (AvgIpc) is 2.52. The molecule has 1 unspecified atom stereocenters. The highest BCUT2D eigenvalue weighted by Crippen LogP contribution is 2.10. The van der Waals surface area contributed by atoms with Crippen LogP contribution in [0.15, 0.2) is 35.5 Å². The van der Waals surface area contributed by atoms with Crippen molar-refractivity contribution < 1.29 is 10.0 Å². The number of oxime groups is 1. The van der Waals surface area contributed by atoms with E-state index in [4.69, 9.17) is 10.9 Å². The molecule has 0 radical (unpaired) electrons. The van der Waals surface area contributed by atoms with Gasteiger partial charge in [0.15, 0.2) is 5.84 Å². The van der Waals surface area contributed by atoms with Crippen LogP contribution in [0.5, 0.6) is 0 Å². The summed E-state index contributed by atoms with van der Waals surface area (Å²) >= 11 is 1.79. The normalized spacial score (nSPS) is 12.9. The molecule has 0 fully saturated rings. The first kappa shape index (κ1) is 17.4. The summed E-state index contributed by atoms with van der Waals surface area (Å²) in [5, 5.41) is 14.7. The van der Waals surface area contributed by atoms with Crippen LogP contribution in [0.4, 0.5) is 0 Å². The number of hydrogen-bond donors (Lipinski definition) is 3. The summed E-state index contributed by atoms with van der Waals surface area (Å²) in [7, 11) is 0. The summed E-state index contributed by atoms with van der Waals surface area (Å²) in [6, 6.07) is 9.55. The number of carbonyl (C=O) groups excluding carboxylic acids is 1. The highest BCUT2D eigenvalue weighted by Gasteiger charge is 2.23. The lowest BCUT2D eigenvalue weighted by atomic mass is 9.97. The molecule has 0 aromatic heterocycles. The fourth-order valence-electron chi connectivity index (χ4n) is 1.96. The number of unbranched alkanes of at least 4 members (excludes halogenated alkanes) is 1. The van der Waals surface area contributed by atoms with Gasteiger partial charge in [-0.1, -0.05) is 35.5 Å². The molecule has 0 saturated heterocycles. The largest absolute Gasteiger partial charge is 0.409 e. The SMILES string of the molecule is CSCCCCNC(=O)C(Cc1ccccc1)/C(N)=N/O. The van der Waals surface area contributed by atoms with E-state index in [1.807, 2.05) is 30.3 Å². The second-order valence-electron chi connectivity index (χ2n) is 4.76. The van der Waals surface area contributed by atoms with Crippen LogP contribution in [0, 0.1) is 5.92 Å². The van der Waals surface area contributed by atoms with Gasteiger partial charge in [-0.15, -0.1) is 0 Å². The molecule has 0 aliphatic heterocycles. The molecule has 1 rings (SSSR count). The molecule has 0 bridgehead atoms. The number of nitrogens with one attached hydrogen (secondary N) is 1. The molecule has 0 aliphatic carbocycles. The first-order chi connectivity index (χ1) is 10.2. The van der Waals surface area contributed by atoms with Gasteiger partial charge in [0.1, 0.15) is 5.92 Å². The van der Waals surface area contributed by atoms with Gasteiger partial charge in [0, 0.05) is 6.54 Å². The molecule has 0 saturated carbocycles. The molecule has 21 heavy (non-hydrogen) atoms. The summed E-state index contributed by atoms with van der Waals surface area (Å²) in [5.74, 6) is 0.195. The average molecular weight is 309 g/mol. The molecule has 0 aliphatic rings. The summed E-state index contributed by atoms with van der Waals surface area (Å²) < 4.78 is 0. The summed E-state index contributed by atoms with van der Waals surface area (Å²) in [6.07, 6.45) is 4.48. The van der Waals surface area contributed by atoms with Gasteiger partial charge in [0.2, 0.25) is 5.91 Å². The molecule has 6 heteroatoms. The maximum atomic E-state index is 12.2. The van der Waals surface area contributed by atoms with E-state index in [2.05, 4.69) is 16.7 Å². The highest BCUT2D eigenvalue weighted by molar-refractivity contribution is 7.98. The predicted molar refractivity (Wildman–Crippen MR) is 87.7 cm³/mol. The Labute approximate surface area is 130 Å². The Morgan fingerprint density at radius 3 is 2.71 bits per heavy atom. The third-order valence-corrected chi connectivity index (χ3v) is 3.84. The van der Waals surface area contributed by atoms with Crippen molar-refractivity contribution in [2.24, 2.45) is 16.8 Å². The fraction of sp³-hybridized carbons (Fsp3) is 0.467.